The molecule has 0 aliphatic carbocycles. The summed E-state index contributed by atoms with van der Waals surface area (Å²) in [5, 5.41) is 3.10. The Kier molecular flexibility index (Phi) is 4.03. The Morgan fingerprint density at radius 1 is 1.60 bits per heavy atom. The van der Waals surface area contributed by atoms with Crippen molar-refractivity contribution in [3.05, 3.63) is 18.1 Å². The lowest BCUT2D eigenvalue weighted by molar-refractivity contribution is -0.118. The Morgan fingerprint density at radius 2 is 2.33 bits per heavy atom. The van der Waals surface area contributed by atoms with Crippen molar-refractivity contribution < 1.29 is 4.79 Å². The van der Waals surface area contributed by atoms with E-state index in [4.69, 9.17) is 5.73 Å². The minimum absolute atomic E-state index is 0.0119. The van der Waals surface area contributed by atoms with E-state index in [1.54, 1.807) is 0 Å². The molecule has 0 aliphatic heterocycles. The topological polar surface area (TPSA) is 80.9 Å². The van der Waals surface area contributed by atoms with Gasteiger partial charge in [0.1, 0.15) is 12.1 Å². The number of aromatic nitrogens is 2. The van der Waals surface area contributed by atoms with Crippen LogP contribution >= 0.6 is 0 Å². The number of nitrogens with two attached hydrogens (primary N) is 1. The molecule has 0 aliphatic rings. The highest BCUT2D eigenvalue weighted by molar-refractivity contribution is 5.74. The van der Waals surface area contributed by atoms with Gasteiger partial charge in [0.05, 0.1) is 0 Å². The van der Waals surface area contributed by atoms with Gasteiger partial charge in [0.2, 0.25) is 5.91 Å². The molecule has 0 radical (unpaired) electrons. The van der Waals surface area contributed by atoms with Crippen molar-refractivity contribution in [2.45, 2.75) is 32.7 Å². The van der Waals surface area contributed by atoms with Gasteiger partial charge in [0.15, 0.2) is 0 Å². The highest BCUT2D eigenvalue weighted by Gasteiger charge is 2.06. The molecule has 0 saturated heterocycles. The zero-order valence-corrected chi connectivity index (χ0v) is 9.03. The molecule has 0 fully saturated rings. The van der Waals surface area contributed by atoms with Crippen LogP contribution in [0.3, 0.4) is 0 Å². The standard InChI is InChI=1S/C10H16N4O/c1-3-8-5-10(13-6-12-8)14-7(2)4-9(11)15/h5-7H,3-4H2,1-2H3,(H2,11,15)(H,12,13,14). The molecule has 0 spiro atoms. The highest BCUT2D eigenvalue weighted by atomic mass is 16.1. The number of nitrogens with one attached hydrogen (secondary N) is 1. The average Bonchev–Trinajstić information content (AvgIpc) is 2.16. The third-order valence-corrected chi connectivity index (χ3v) is 1.99. The molecule has 5 nitrogen and oxygen atoms in total. The molecule has 1 heterocycles. The molecule has 1 unspecified atom stereocenters. The van der Waals surface area contributed by atoms with Gasteiger partial charge in [-0.25, -0.2) is 9.97 Å². The Balaban J connectivity index is 2.59. The summed E-state index contributed by atoms with van der Waals surface area (Å²) >= 11 is 0. The van der Waals surface area contributed by atoms with Crippen molar-refractivity contribution in [3.8, 4) is 0 Å². The summed E-state index contributed by atoms with van der Waals surface area (Å²) in [6.07, 6.45) is 2.67. The zero-order valence-electron chi connectivity index (χ0n) is 9.03. The number of nitrogens with zero attached hydrogens (tertiary/aromatic N) is 2. The predicted octanol–water partition coefficient (Wildman–Crippen LogP) is 0.715. The molecule has 1 aromatic heterocycles. The van der Waals surface area contributed by atoms with Crippen molar-refractivity contribution in [1.29, 1.82) is 0 Å². The molecule has 1 rings (SSSR count). The largest absolute Gasteiger partial charge is 0.370 e. The molecule has 0 saturated carbocycles. The van der Waals surface area contributed by atoms with E-state index < -0.39 is 0 Å². The molecular weight excluding hydrogens is 192 g/mol. The van der Waals surface area contributed by atoms with Gasteiger partial charge in [0.25, 0.3) is 0 Å². The first-order chi connectivity index (χ1) is 7.11. The molecule has 3 N–H and O–H groups in total. The number of hydrogen-bond acceptors (Lipinski definition) is 4. The summed E-state index contributed by atoms with van der Waals surface area (Å²) in [5.41, 5.74) is 6.06. The number of carbonyl (C=O) groups is 1. The quantitative estimate of drug-likeness (QED) is 0.747. The van der Waals surface area contributed by atoms with Crippen LogP contribution in [0.1, 0.15) is 26.0 Å². The van der Waals surface area contributed by atoms with E-state index in [9.17, 15) is 4.79 Å². The van der Waals surface area contributed by atoms with Crippen LogP contribution in [-0.2, 0) is 11.2 Å². The fourth-order valence-corrected chi connectivity index (χ4v) is 1.28. The first-order valence-electron chi connectivity index (χ1n) is 4.97. The summed E-state index contributed by atoms with van der Waals surface area (Å²) in [6.45, 7) is 3.91. The van der Waals surface area contributed by atoms with Gasteiger partial charge in [-0.3, -0.25) is 4.79 Å². The SMILES string of the molecule is CCc1cc(NC(C)CC(N)=O)ncn1. The molecule has 5 heteroatoms. The van der Waals surface area contributed by atoms with Crippen molar-refractivity contribution in [2.24, 2.45) is 5.73 Å². The second kappa shape index (κ2) is 5.29. The van der Waals surface area contributed by atoms with Crippen LogP contribution in [0.5, 0.6) is 0 Å². The Labute approximate surface area is 89.1 Å². The van der Waals surface area contributed by atoms with Crippen LogP contribution < -0.4 is 11.1 Å². The van der Waals surface area contributed by atoms with E-state index in [-0.39, 0.29) is 11.9 Å². The van der Waals surface area contributed by atoms with E-state index in [0.29, 0.717) is 6.42 Å². The summed E-state index contributed by atoms with van der Waals surface area (Å²) < 4.78 is 0. The van der Waals surface area contributed by atoms with E-state index in [1.165, 1.54) is 6.33 Å². The van der Waals surface area contributed by atoms with Gasteiger partial charge >= 0.3 is 0 Å². The molecule has 0 aromatic carbocycles. The normalized spacial score (nSPS) is 12.1. The van der Waals surface area contributed by atoms with Gasteiger partial charge < -0.3 is 11.1 Å². The number of amides is 1. The van der Waals surface area contributed by atoms with E-state index in [1.807, 2.05) is 19.9 Å². The van der Waals surface area contributed by atoms with Gasteiger partial charge in [-0.2, -0.15) is 0 Å². The molecule has 0 bridgehead atoms. The number of carbonyl (C=O) groups excluding carboxylic acids is 1. The molecule has 1 amide bonds. The van der Waals surface area contributed by atoms with Crippen molar-refractivity contribution in [3.63, 3.8) is 0 Å². The summed E-state index contributed by atoms with van der Waals surface area (Å²) in [4.78, 5) is 18.8. The van der Waals surface area contributed by atoms with Gasteiger partial charge in [0, 0.05) is 24.2 Å². The van der Waals surface area contributed by atoms with Crippen molar-refractivity contribution >= 4 is 11.7 Å². The second-order valence-electron chi connectivity index (χ2n) is 3.46. The third-order valence-electron chi connectivity index (χ3n) is 1.99. The second-order valence-corrected chi connectivity index (χ2v) is 3.46. The van der Waals surface area contributed by atoms with E-state index >= 15 is 0 Å². The van der Waals surface area contributed by atoms with Crippen molar-refractivity contribution in [1.82, 2.24) is 9.97 Å². The zero-order chi connectivity index (χ0) is 11.3. The maximum atomic E-state index is 10.7. The lowest BCUT2D eigenvalue weighted by Crippen LogP contribution is -2.24. The molecule has 1 atom stereocenters. The van der Waals surface area contributed by atoms with Gasteiger partial charge in [-0.05, 0) is 13.3 Å². The lowest BCUT2D eigenvalue weighted by atomic mass is 10.2. The molecule has 15 heavy (non-hydrogen) atoms. The summed E-state index contributed by atoms with van der Waals surface area (Å²) in [5.74, 6) is 0.412. The van der Waals surface area contributed by atoms with E-state index in [0.717, 1.165) is 17.9 Å². The minimum atomic E-state index is -0.320. The third kappa shape index (κ3) is 3.93. The fourth-order valence-electron chi connectivity index (χ4n) is 1.28. The smallest absolute Gasteiger partial charge is 0.219 e. The van der Waals surface area contributed by atoms with Crippen LogP contribution in [0.15, 0.2) is 12.4 Å². The highest BCUT2D eigenvalue weighted by Crippen LogP contribution is 2.07. The number of hydrogen-bond donors (Lipinski definition) is 2. The predicted molar refractivity (Wildman–Crippen MR) is 58.3 cm³/mol. The van der Waals surface area contributed by atoms with Crippen LogP contribution in [-0.4, -0.2) is 21.9 Å². The van der Waals surface area contributed by atoms with Crippen LogP contribution in [0.2, 0.25) is 0 Å². The average molecular weight is 208 g/mol. The Morgan fingerprint density at radius 3 is 2.93 bits per heavy atom. The Bertz CT molecular complexity index is 340. The first kappa shape index (κ1) is 11.4. The Hall–Kier alpha value is -1.65. The minimum Gasteiger partial charge on any atom is -0.370 e. The lowest BCUT2D eigenvalue weighted by Gasteiger charge is -2.12. The van der Waals surface area contributed by atoms with Crippen LogP contribution in [0.4, 0.5) is 5.82 Å². The fraction of sp³-hybridized carbons (Fsp3) is 0.500. The van der Waals surface area contributed by atoms with Gasteiger partial charge in [-0.1, -0.05) is 6.92 Å². The molecule has 1 aromatic rings. The number of anilines is 1. The van der Waals surface area contributed by atoms with Crippen molar-refractivity contribution in [2.75, 3.05) is 5.32 Å². The van der Waals surface area contributed by atoms with E-state index in [2.05, 4.69) is 15.3 Å². The van der Waals surface area contributed by atoms with Crippen LogP contribution in [0.25, 0.3) is 0 Å². The van der Waals surface area contributed by atoms with Crippen LogP contribution in [0, 0.1) is 0 Å². The summed E-state index contributed by atoms with van der Waals surface area (Å²) in [6, 6.07) is 1.86. The number of aryl methyl sites for hydroxylation is 1. The first-order valence-corrected chi connectivity index (χ1v) is 4.97. The summed E-state index contributed by atoms with van der Waals surface area (Å²) in [7, 11) is 0. The molecule has 82 valence electrons. The monoisotopic (exact) mass is 208 g/mol. The van der Waals surface area contributed by atoms with Gasteiger partial charge in [-0.15, -0.1) is 0 Å². The maximum Gasteiger partial charge on any atom is 0.219 e. The number of rotatable bonds is 5. The number of primary amides is 1. The molecular formula is C10H16N4O. The maximum absolute atomic E-state index is 10.7.